The number of nitriles is 1. The van der Waals surface area contributed by atoms with Crippen molar-refractivity contribution in [3.63, 3.8) is 0 Å². The fraction of sp³-hybridized carbons (Fsp3) is 0.500. The first-order valence-electron chi connectivity index (χ1n) is 8.41. The second-order valence-corrected chi connectivity index (χ2v) is 7.13. The van der Waals surface area contributed by atoms with Gasteiger partial charge in [0.1, 0.15) is 18.1 Å². The summed E-state index contributed by atoms with van der Waals surface area (Å²) in [5.41, 5.74) is 8.14. The number of aromatic nitrogens is 3. The van der Waals surface area contributed by atoms with Gasteiger partial charge in [-0.3, -0.25) is 4.68 Å². The third-order valence-corrected chi connectivity index (χ3v) is 5.78. The van der Waals surface area contributed by atoms with E-state index in [0.29, 0.717) is 23.3 Å². The van der Waals surface area contributed by atoms with Crippen LogP contribution in [-0.2, 0) is 13.2 Å². The first-order chi connectivity index (χ1) is 11.7. The fourth-order valence-electron chi connectivity index (χ4n) is 4.10. The van der Waals surface area contributed by atoms with Crippen LogP contribution in [0.15, 0.2) is 30.5 Å². The molecule has 0 amide bonds. The van der Waals surface area contributed by atoms with Crippen LogP contribution in [0.3, 0.4) is 0 Å². The van der Waals surface area contributed by atoms with Crippen LogP contribution < -0.4 is 10.5 Å². The van der Waals surface area contributed by atoms with E-state index in [9.17, 15) is 0 Å². The first kappa shape index (κ1) is 15.2. The highest BCUT2D eigenvalue weighted by Crippen LogP contribution is 2.74. The molecule has 2 saturated carbocycles. The number of ether oxygens (including phenoxy) is 1. The molecule has 0 aliphatic heterocycles. The Morgan fingerprint density at radius 2 is 2.25 bits per heavy atom. The average molecular weight is 323 g/mol. The van der Waals surface area contributed by atoms with Crippen LogP contribution in [0, 0.1) is 22.2 Å². The van der Waals surface area contributed by atoms with E-state index < -0.39 is 0 Å². The Balaban J connectivity index is 1.38. The molecule has 1 unspecified atom stereocenters. The maximum atomic E-state index is 8.91. The van der Waals surface area contributed by atoms with Crippen LogP contribution in [0.4, 0.5) is 0 Å². The van der Waals surface area contributed by atoms with Gasteiger partial charge in [-0.2, -0.15) is 5.26 Å². The van der Waals surface area contributed by atoms with Crippen LogP contribution in [0.25, 0.3) is 0 Å². The number of benzene rings is 1. The van der Waals surface area contributed by atoms with Crippen molar-refractivity contribution in [3.8, 4) is 11.8 Å². The molecule has 2 aromatic rings. The SMILES string of the molecule is N#Cc1cccc(OCc2cn(CC3(CN)CC34CCC4)nn2)c1. The van der Waals surface area contributed by atoms with Crippen molar-refractivity contribution in [3.05, 3.63) is 41.7 Å². The molecule has 1 spiro atoms. The minimum absolute atomic E-state index is 0.220. The predicted molar refractivity (Wildman–Crippen MR) is 87.9 cm³/mol. The van der Waals surface area contributed by atoms with E-state index in [2.05, 4.69) is 16.4 Å². The van der Waals surface area contributed by atoms with E-state index in [1.54, 1.807) is 18.2 Å². The topological polar surface area (TPSA) is 89.8 Å². The molecule has 0 saturated heterocycles. The van der Waals surface area contributed by atoms with Gasteiger partial charge in [-0.05, 0) is 42.9 Å². The van der Waals surface area contributed by atoms with E-state index in [0.717, 1.165) is 18.8 Å². The summed E-state index contributed by atoms with van der Waals surface area (Å²) in [6.07, 6.45) is 7.12. The Bertz CT molecular complexity index is 789. The van der Waals surface area contributed by atoms with Crippen LogP contribution in [0.1, 0.15) is 36.9 Å². The molecule has 0 bridgehead atoms. The van der Waals surface area contributed by atoms with Crippen LogP contribution in [0.5, 0.6) is 5.75 Å². The van der Waals surface area contributed by atoms with Crippen LogP contribution in [-0.4, -0.2) is 21.5 Å². The zero-order valence-corrected chi connectivity index (χ0v) is 13.6. The largest absolute Gasteiger partial charge is 0.487 e. The molecule has 1 heterocycles. The highest BCUT2D eigenvalue weighted by molar-refractivity contribution is 5.36. The Morgan fingerprint density at radius 3 is 2.92 bits per heavy atom. The van der Waals surface area contributed by atoms with Crippen molar-refractivity contribution in [2.75, 3.05) is 6.54 Å². The molecule has 2 N–H and O–H groups in total. The van der Waals surface area contributed by atoms with Gasteiger partial charge in [0.15, 0.2) is 0 Å². The van der Waals surface area contributed by atoms with E-state index in [1.165, 1.54) is 25.7 Å². The molecular formula is C18H21N5O. The van der Waals surface area contributed by atoms with Crippen molar-refractivity contribution in [1.29, 1.82) is 5.26 Å². The first-order valence-corrected chi connectivity index (χ1v) is 8.41. The molecule has 0 radical (unpaired) electrons. The Kier molecular flexibility index (Phi) is 3.54. The summed E-state index contributed by atoms with van der Waals surface area (Å²) in [7, 11) is 0. The second kappa shape index (κ2) is 5.60. The van der Waals surface area contributed by atoms with Crippen molar-refractivity contribution < 1.29 is 4.74 Å². The van der Waals surface area contributed by atoms with Crippen molar-refractivity contribution in [2.45, 2.75) is 38.8 Å². The number of nitrogens with zero attached hydrogens (tertiary/aromatic N) is 4. The normalized spacial score (nSPS) is 23.5. The molecule has 1 aromatic heterocycles. The fourth-order valence-corrected chi connectivity index (χ4v) is 4.10. The van der Waals surface area contributed by atoms with Crippen molar-refractivity contribution in [2.24, 2.45) is 16.6 Å². The summed E-state index contributed by atoms with van der Waals surface area (Å²) in [6.45, 7) is 1.91. The lowest BCUT2D eigenvalue weighted by Gasteiger charge is -2.32. The minimum atomic E-state index is 0.220. The van der Waals surface area contributed by atoms with Gasteiger partial charge in [0, 0.05) is 12.0 Å². The van der Waals surface area contributed by atoms with E-state index >= 15 is 0 Å². The number of rotatable bonds is 6. The lowest BCUT2D eigenvalue weighted by atomic mass is 9.75. The highest BCUT2D eigenvalue weighted by atomic mass is 16.5. The van der Waals surface area contributed by atoms with Gasteiger partial charge in [-0.15, -0.1) is 5.10 Å². The smallest absolute Gasteiger partial charge is 0.134 e. The molecular weight excluding hydrogens is 302 g/mol. The molecule has 1 aromatic carbocycles. The summed E-state index contributed by atoms with van der Waals surface area (Å²) in [4.78, 5) is 0. The quantitative estimate of drug-likeness (QED) is 0.880. The molecule has 4 rings (SSSR count). The molecule has 1 atom stereocenters. The summed E-state index contributed by atoms with van der Waals surface area (Å²) < 4.78 is 7.61. The lowest BCUT2D eigenvalue weighted by Crippen LogP contribution is -2.32. The van der Waals surface area contributed by atoms with E-state index in [4.69, 9.17) is 15.7 Å². The Morgan fingerprint density at radius 1 is 1.38 bits per heavy atom. The Hall–Kier alpha value is -2.39. The van der Waals surface area contributed by atoms with Crippen molar-refractivity contribution >= 4 is 0 Å². The Labute approximate surface area is 141 Å². The average Bonchev–Trinajstić information content (AvgIpc) is 3.07. The maximum Gasteiger partial charge on any atom is 0.134 e. The monoisotopic (exact) mass is 323 g/mol. The van der Waals surface area contributed by atoms with E-state index in [-0.39, 0.29) is 5.41 Å². The lowest BCUT2D eigenvalue weighted by molar-refractivity contribution is 0.183. The summed E-state index contributed by atoms with van der Waals surface area (Å²) in [5, 5.41) is 17.3. The highest BCUT2D eigenvalue weighted by Gasteiger charge is 2.68. The molecule has 6 nitrogen and oxygen atoms in total. The number of hydrogen-bond acceptors (Lipinski definition) is 5. The summed E-state index contributed by atoms with van der Waals surface area (Å²) >= 11 is 0. The minimum Gasteiger partial charge on any atom is -0.487 e. The van der Waals surface area contributed by atoms with Crippen LogP contribution >= 0.6 is 0 Å². The zero-order chi connectivity index (χ0) is 16.6. The molecule has 2 aliphatic carbocycles. The zero-order valence-electron chi connectivity index (χ0n) is 13.6. The third kappa shape index (κ3) is 2.45. The van der Waals surface area contributed by atoms with Gasteiger partial charge in [0.05, 0.1) is 24.4 Å². The van der Waals surface area contributed by atoms with Gasteiger partial charge < -0.3 is 10.5 Å². The van der Waals surface area contributed by atoms with Crippen LogP contribution in [0.2, 0.25) is 0 Å². The maximum absolute atomic E-state index is 8.91. The predicted octanol–water partition coefficient (Wildman–Crippen LogP) is 2.25. The molecule has 24 heavy (non-hydrogen) atoms. The molecule has 2 aliphatic rings. The second-order valence-electron chi connectivity index (χ2n) is 7.13. The summed E-state index contributed by atoms with van der Waals surface area (Å²) in [5.74, 6) is 0.664. The van der Waals surface area contributed by atoms with E-state index in [1.807, 2.05) is 16.9 Å². The van der Waals surface area contributed by atoms with Crippen molar-refractivity contribution in [1.82, 2.24) is 15.0 Å². The molecule has 2 fully saturated rings. The van der Waals surface area contributed by atoms with Gasteiger partial charge >= 0.3 is 0 Å². The van der Waals surface area contributed by atoms with Gasteiger partial charge in [-0.25, -0.2) is 0 Å². The summed E-state index contributed by atoms with van der Waals surface area (Å²) in [6, 6.07) is 9.21. The molecule has 6 heteroatoms. The van der Waals surface area contributed by atoms with Gasteiger partial charge in [-0.1, -0.05) is 17.7 Å². The standard InChI is InChI=1S/C18H21N5O/c19-8-14-3-1-4-16(7-14)24-10-15-9-23(22-21-15)13-18(12-20)11-17(18)5-2-6-17/h1,3-4,7,9H,2,5-6,10-13,20H2. The van der Waals surface area contributed by atoms with Gasteiger partial charge in [0.2, 0.25) is 0 Å². The molecule has 124 valence electrons. The number of nitrogens with two attached hydrogens (primary N) is 1. The van der Waals surface area contributed by atoms with Gasteiger partial charge in [0.25, 0.3) is 0 Å². The number of hydrogen-bond donors (Lipinski definition) is 1. The third-order valence-electron chi connectivity index (χ3n) is 5.78.